The van der Waals surface area contributed by atoms with Crippen LogP contribution in [0.15, 0.2) is 35.5 Å². The van der Waals surface area contributed by atoms with Gasteiger partial charge in [0.25, 0.3) is 0 Å². The summed E-state index contributed by atoms with van der Waals surface area (Å²) >= 11 is 0. The van der Waals surface area contributed by atoms with Gasteiger partial charge < -0.3 is 9.67 Å². The van der Waals surface area contributed by atoms with Crippen LogP contribution in [0.1, 0.15) is 24.4 Å². The number of aliphatic hydroxyl groups is 1. The lowest BCUT2D eigenvalue weighted by Crippen LogP contribution is -2.24. The van der Waals surface area contributed by atoms with Crippen molar-refractivity contribution in [3.05, 3.63) is 42.0 Å². The van der Waals surface area contributed by atoms with Gasteiger partial charge in [0.15, 0.2) is 0 Å². The van der Waals surface area contributed by atoms with E-state index >= 15 is 0 Å². The van der Waals surface area contributed by atoms with Crippen molar-refractivity contribution in [3.63, 3.8) is 0 Å². The first kappa shape index (κ1) is 14.6. The second-order valence-electron chi connectivity index (χ2n) is 4.43. The lowest BCUT2D eigenvalue weighted by Gasteiger charge is -2.09. The highest BCUT2D eigenvalue weighted by Gasteiger charge is 2.16. The van der Waals surface area contributed by atoms with Crippen LogP contribution in [0.4, 0.5) is 0 Å². The van der Waals surface area contributed by atoms with Crippen LogP contribution in [-0.2, 0) is 23.6 Å². The molecule has 7 nitrogen and oxygen atoms in total. The first-order valence-electron chi connectivity index (χ1n) is 6.01. The molecule has 0 bridgehead atoms. The monoisotopic (exact) mass is 296 g/mol. The standard InChI is InChI=1S/C12H16N4O3S/c1-9(17)10-4-3-5-11(6-10)20(18,19)14-7-12-15-13-8-16(12)2/h3-6,8-9,14,17H,7H2,1-2H3. The molecule has 0 aliphatic carbocycles. The molecule has 0 saturated carbocycles. The normalized spacial score (nSPS) is 13.3. The average Bonchev–Trinajstić information content (AvgIpc) is 2.82. The number of hydrogen-bond donors (Lipinski definition) is 2. The van der Waals surface area contributed by atoms with Crippen LogP contribution >= 0.6 is 0 Å². The molecule has 8 heteroatoms. The van der Waals surface area contributed by atoms with Crippen LogP contribution in [0.25, 0.3) is 0 Å². The number of sulfonamides is 1. The number of nitrogens with one attached hydrogen (secondary N) is 1. The third-order valence-electron chi connectivity index (χ3n) is 2.88. The maximum atomic E-state index is 12.2. The molecule has 0 saturated heterocycles. The predicted octanol–water partition coefficient (Wildman–Crippen LogP) is 0.347. The molecule has 1 atom stereocenters. The van der Waals surface area contributed by atoms with Gasteiger partial charge in [-0.05, 0) is 24.6 Å². The number of nitrogens with zero attached hydrogens (tertiary/aromatic N) is 3. The van der Waals surface area contributed by atoms with Gasteiger partial charge in [-0.2, -0.15) is 0 Å². The summed E-state index contributed by atoms with van der Waals surface area (Å²) < 4.78 is 28.4. The Hall–Kier alpha value is -1.77. The summed E-state index contributed by atoms with van der Waals surface area (Å²) in [5.41, 5.74) is 0.548. The van der Waals surface area contributed by atoms with Gasteiger partial charge in [0, 0.05) is 7.05 Å². The van der Waals surface area contributed by atoms with Gasteiger partial charge in [-0.1, -0.05) is 12.1 Å². The molecule has 108 valence electrons. The zero-order valence-electron chi connectivity index (χ0n) is 11.2. The topological polar surface area (TPSA) is 97.1 Å². The highest BCUT2D eigenvalue weighted by Crippen LogP contribution is 2.17. The molecule has 20 heavy (non-hydrogen) atoms. The minimum absolute atomic E-state index is 0.0533. The summed E-state index contributed by atoms with van der Waals surface area (Å²) in [5, 5.41) is 17.0. The van der Waals surface area contributed by atoms with E-state index in [4.69, 9.17) is 0 Å². The van der Waals surface area contributed by atoms with Crippen molar-refractivity contribution < 1.29 is 13.5 Å². The number of aryl methyl sites for hydroxylation is 1. The van der Waals surface area contributed by atoms with Gasteiger partial charge in [-0.15, -0.1) is 10.2 Å². The average molecular weight is 296 g/mol. The summed E-state index contributed by atoms with van der Waals surface area (Å²) in [6, 6.07) is 6.19. The summed E-state index contributed by atoms with van der Waals surface area (Å²) in [6.07, 6.45) is 0.779. The van der Waals surface area contributed by atoms with Crippen LogP contribution in [0.5, 0.6) is 0 Å². The Kier molecular flexibility index (Phi) is 4.17. The van der Waals surface area contributed by atoms with E-state index in [2.05, 4.69) is 14.9 Å². The van der Waals surface area contributed by atoms with Crippen molar-refractivity contribution in [2.45, 2.75) is 24.5 Å². The molecule has 2 aromatic rings. The quantitative estimate of drug-likeness (QED) is 0.829. The van der Waals surface area contributed by atoms with Crippen molar-refractivity contribution in [2.75, 3.05) is 0 Å². The van der Waals surface area contributed by atoms with Crippen LogP contribution in [0, 0.1) is 0 Å². The smallest absolute Gasteiger partial charge is 0.240 e. The number of hydrogen-bond acceptors (Lipinski definition) is 5. The zero-order chi connectivity index (χ0) is 14.8. The maximum absolute atomic E-state index is 12.2. The molecule has 0 amide bonds. The van der Waals surface area contributed by atoms with E-state index in [0.717, 1.165) is 0 Å². The van der Waals surface area contributed by atoms with Gasteiger partial charge in [0.1, 0.15) is 12.2 Å². The zero-order valence-corrected chi connectivity index (χ0v) is 12.0. The molecule has 2 rings (SSSR count). The van der Waals surface area contributed by atoms with Crippen molar-refractivity contribution in [2.24, 2.45) is 7.05 Å². The summed E-state index contributed by atoms with van der Waals surface area (Å²) in [5.74, 6) is 0.514. The molecule has 1 aromatic heterocycles. The van der Waals surface area contributed by atoms with E-state index in [9.17, 15) is 13.5 Å². The molecular weight excluding hydrogens is 280 g/mol. The third-order valence-corrected chi connectivity index (χ3v) is 4.28. The SMILES string of the molecule is CC(O)c1cccc(S(=O)(=O)NCc2nncn2C)c1. The van der Waals surface area contributed by atoms with Crippen LogP contribution < -0.4 is 4.72 Å². The minimum atomic E-state index is -3.65. The van der Waals surface area contributed by atoms with E-state index in [1.165, 1.54) is 18.5 Å². The molecule has 1 aromatic carbocycles. The first-order valence-corrected chi connectivity index (χ1v) is 7.49. The lowest BCUT2D eigenvalue weighted by molar-refractivity contribution is 0.199. The fourth-order valence-electron chi connectivity index (χ4n) is 1.65. The Morgan fingerprint density at radius 3 is 2.80 bits per heavy atom. The van der Waals surface area contributed by atoms with E-state index in [1.807, 2.05) is 0 Å². The van der Waals surface area contributed by atoms with E-state index in [0.29, 0.717) is 11.4 Å². The summed E-state index contributed by atoms with van der Waals surface area (Å²) in [7, 11) is -1.92. The van der Waals surface area contributed by atoms with Crippen LogP contribution in [0.2, 0.25) is 0 Å². The van der Waals surface area contributed by atoms with Gasteiger partial charge in [0.2, 0.25) is 10.0 Å². The molecule has 0 fully saturated rings. The predicted molar refractivity (Wildman–Crippen MR) is 72.1 cm³/mol. The molecule has 2 N–H and O–H groups in total. The van der Waals surface area contributed by atoms with Gasteiger partial charge in [0.05, 0.1) is 17.5 Å². The van der Waals surface area contributed by atoms with Crippen molar-refractivity contribution in [3.8, 4) is 0 Å². The highest BCUT2D eigenvalue weighted by atomic mass is 32.2. The molecular formula is C12H16N4O3S. The highest BCUT2D eigenvalue weighted by molar-refractivity contribution is 7.89. The van der Waals surface area contributed by atoms with Crippen molar-refractivity contribution in [1.29, 1.82) is 0 Å². The molecule has 0 radical (unpaired) electrons. The Bertz CT molecular complexity index is 694. The number of rotatable bonds is 5. The van der Waals surface area contributed by atoms with Gasteiger partial charge >= 0.3 is 0 Å². The molecule has 1 heterocycles. The second kappa shape index (κ2) is 5.70. The number of benzene rings is 1. The van der Waals surface area contributed by atoms with E-state index in [-0.39, 0.29) is 11.4 Å². The minimum Gasteiger partial charge on any atom is -0.389 e. The lowest BCUT2D eigenvalue weighted by atomic mass is 10.1. The molecule has 1 unspecified atom stereocenters. The Morgan fingerprint density at radius 1 is 1.45 bits per heavy atom. The Balaban J connectivity index is 2.18. The van der Waals surface area contributed by atoms with Crippen LogP contribution in [-0.4, -0.2) is 28.3 Å². The molecule has 0 aliphatic heterocycles. The van der Waals surface area contributed by atoms with E-state index in [1.54, 1.807) is 30.7 Å². The third kappa shape index (κ3) is 3.21. The second-order valence-corrected chi connectivity index (χ2v) is 6.20. The maximum Gasteiger partial charge on any atom is 0.240 e. The van der Waals surface area contributed by atoms with Crippen LogP contribution in [0.3, 0.4) is 0 Å². The Labute approximate surface area is 117 Å². The first-order chi connectivity index (χ1) is 9.40. The Morgan fingerprint density at radius 2 is 2.20 bits per heavy atom. The van der Waals surface area contributed by atoms with Crippen molar-refractivity contribution in [1.82, 2.24) is 19.5 Å². The number of aromatic nitrogens is 3. The fourth-order valence-corrected chi connectivity index (χ4v) is 2.69. The van der Waals surface area contributed by atoms with Gasteiger partial charge in [-0.25, -0.2) is 13.1 Å². The largest absolute Gasteiger partial charge is 0.389 e. The van der Waals surface area contributed by atoms with E-state index < -0.39 is 16.1 Å². The summed E-state index contributed by atoms with van der Waals surface area (Å²) in [6.45, 7) is 1.64. The van der Waals surface area contributed by atoms with Crippen molar-refractivity contribution >= 4 is 10.0 Å². The fraction of sp³-hybridized carbons (Fsp3) is 0.333. The summed E-state index contributed by atoms with van der Waals surface area (Å²) in [4.78, 5) is 0.109. The molecule has 0 aliphatic rings. The van der Waals surface area contributed by atoms with Gasteiger partial charge in [-0.3, -0.25) is 0 Å². The molecule has 0 spiro atoms. The number of aliphatic hydroxyl groups excluding tert-OH is 1.